The van der Waals surface area contributed by atoms with Crippen molar-refractivity contribution in [1.82, 2.24) is 10.2 Å². The summed E-state index contributed by atoms with van der Waals surface area (Å²) < 4.78 is 49.1. The van der Waals surface area contributed by atoms with Gasteiger partial charge in [-0.25, -0.2) is 12.8 Å². The first-order valence-corrected chi connectivity index (χ1v) is 13.4. The smallest absolute Gasteiger partial charge is 0.265 e. The number of nitrogens with one attached hydrogen (secondary N) is 2. The number of hydrogen-bond acceptors (Lipinski definition) is 6. The first kappa shape index (κ1) is 25.2. The quantitative estimate of drug-likeness (QED) is 0.443. The van der Waals surface area contributed by atoms with Gasteiger partial charge in [0.05, 0.1) is 29.5 Å². The molecule has 12 heteroatoms. The van der Waals surface area contributed by atoms with E-state index in [-0.39, 0.29) is 22.2 Å². The largest absolute Gasteiger partial charge is 0.505 e. The van der Waals surface area contributed by atoms with E-state index in [1.54, 1.807) is 0 Å². The van der Waals surface area contributed by atoms with E-state index in [0.29, 0.717) is 36.3 Å². The Bertz CT molecular complexity index is 1200. The fourth-order valence-corrected chi connectivity index (χ4v) is 5.94. The van der Waals surface area contributed by atoms with E-state index in [0.717, 1.165) is 32.0 Å². The minimum Gasteiger partial charge on any atom is -0.505 e. The second kappa shape index (κ2) is 10.4. The summed E-state index contributed by atoms with van der Waals surface area (Å²) in [6.07, 6.45) is 1.75. The highest BCUT2D eigenvalue weighted by atomic mass is 79.9. The molecule has 2 aromatic rings. The lowest BCUT2D eigenvalue weighted by Gasteiger charge is -2.26. The molecule has 2 fully saturated rings. The third-order valence-corrected chi connectivity index (χ3v) is 7.86. The fourth-order valence-electron chi connectivity index (χ4n) is 3.73. The van der Waals surface area contributed by atoms with E-state index in [4.69, 9.17) is 16.3 Å². The summed E-state index contributed by atoms with van der Waals surface area (Å²) in [7, 11) is -4.41. The molecule has 1 amide bonds. The fraction of sp³-hybridized carbons (Fsp3) is 0.409. The second-order valence-corrected chi connectivity index (χ2v) is 11.2. The van der Waals surface area contributed by atoms with Crippen molar-refractivity contribution in [2.75, 3.05) is 44.1 Å². The number of halogens is 3. The molecule has 184 valence electrons. The molecule has 1 aliphatic carbocycles. The summed E-state index contributed by atoms with van der Waals surface area (Å²) in [5, 5.41) is 12.7. The van der Waals surface area contributed by atoms with Gasteiger partial charge in [-0.05, 0) is 48.6 Å². The highest BCUT2D eigenvalue weighted by molar-refractivity contribution is 9.10. The van der Waals surface area contributed by atoms with Crippen LogP contribution in [0.1, 0.15) is 34.7 Å². The number of aromatic hydroxyl groups is 1. The molecule has 1 aliphatic heterocycles. The molecule has 0 radical (unpaired) electrons. The molecule has 0 bridgehead atoms. The number of morpholine rings is 1. The average molecular weight is 577 g/mol. The van der Waals surface area contributed by atoms with Crippen molar-refractivity contribution < 1.29 is 27.4 Å². The van der Waals surface area contributed by atoms with Crippen molar-refractivity contribution in [3.8, 4) is 5.75 Å². The predicted molar refractivity (Wildman–Crippen MR) is 130 cm³/mol. The number of sulfonamides is 1. The van der Waals surface area contributed by atoms with Gasteiger partial charge in [0.15, 0.2) is 11.6 Å². The summed E-state index contributed by atoms with van der Waals surface area (Å²) in [6.45, 7) is 3.71. The van der Waals surface area contributed by atoms with Gasteiger partial charge in [0.2, 0.25) is 0 Å². The van der Waals surface area contributed by atoms with E-state index in [1.807, 2.05) is 0 Å². The van der Waals surface area contributed by atoms with Crippen LogP contribution in [-0.4, -0.2) is 63.7 Å². The molecule has 1 heterocycles. The van der Waals surface area contributed by atoms with Crippen LogP contribution in [0.3, 0.4) is 0 Å². The van der Waals surface area contributed by atoms with Gasteiger partial charge in [0, 0.05) is 30.7 Å². The Morgan fingerprint density at radius 1 is 1.24 bits per heavy atom. The summed E-state index contributed by atoms with van der Waals surface area (Å²) in [6, 6.07) is 5.36. The van der Waals surface area contributed by atoms with E-state index >= 15 is 4.39 Å². The molecule has 1 saturated carbocycles. The summed E-state index contributed by atoms with van der Waals surface area (Å²) in [4.78, 5) is 14.4. The lowest BCUT2D eigenvalue weighted by Crippen LogP contribution is -2.41. The maximum atomic E-state index is 15.4. The number of nitrogens with zero attached hydrogens (tertiary/aromatic N) is 1. The number of hydrogen-bond donors (Lipinski definition) is 3. The highest BCUT2D eigenvalue weighted by Crippen LogP contribution is 2.42. The molecule has 0 aromatic heterocycles. The van der Waals surface area contributed by atoms with Crippen molar-refractivity contribution in [2.45, 2.75) is 23.7 Å². The Morgan fingerprint density at radius 3 is 2.62 bits per heavy atom. The molecular formula is C22H24BrClFN3O5S. The molecule has 2 aromatic carbocycles. The molecule has 1 saturated heterocycles. The van der Waals surface area contributed by atoms with Crippen LogP contribution < -0.4 is 10.0 Å². The Labute approximate surface area is 210 Å². The minimum absolute atomic E-state index is 0.137. The first-order valence-electron chi connectivity index (χ1n) is 10.8. The number of carbonyl (C=O) groups excluding carboxylic acids is 1. The molecule has 0 atom stereocenters. The summed E-state index contributed by atoms with van der Waals surface area (Å²) in [5.74, 6) is -2.13. The van der Waals surface area contributed by atoms with E-state index in [9.17, 15) is 18.3 Å². The minimum atomic E-state index is -4.41. The molecular weight excluding hydrogens is 553 g/mol. The number of carbonyl (C=O) groups is 1. The number of benzene rings is 2. The topological polar surface area (TPSA) is 108 Å². The van der Waals surface area contributed by atoms with Crippen LogP contribution in [0.15, 0.2) is 33.6 Å². The van der Waals surface area contributed by atoms with Crippen LogP contribution in [0, 0.1) is 5.82 Å². The number of rotatable bonds is 8. The summed E-state index contributed by atoms with van der Waals surface area (Å²) >= 11 is 9.03. The predicted octanol–water partition coefficient (Wildman–Crippen LogP) is 3.69. The molecule has 4 rings (SSSR count). The van der Waals surface area contributed by atoms with Crippen molar-refractivity contribution in [3.63, 3.8) is 0 Å². The Hall–Kier alpha value is -1.92. The van der Waals surface area contributed by atoms with Crippen LogP contribution in [0.4, 0.5) is 10.1 Å². The average Bonchev–Trinajstić information content (AvgIpc) is 3.63. The molecule has 0 unspecified atom stereocenters. The van der Waals surface area contributed by atoms with Gasteiger partial charge in [0.25, 0.3) is 15.9 Å². The normalized spacial score (nSPS) is 16.9. The maximum Gasteiger partial charge on any atom is 0.265 e. The number of ether oxygens (including phenoxy) is 1. The number of amides is 1. The highest BCUT2D eigenvalue weighted by Gasteiger charge is 2.29. The third kappa shape index (κ3) is 5.83. The van der Waals surface area contributed by atoms with Crippen LogP contribution in [0.25, 0.3) is 0 Å². The summed E-state index contributed by atoms with van der Waals surface area (Å²) in [5.41, 5.74) is 0.0766. The van der Waals surface area contributed by atoms with Gasteiger partial charge < -0.3 is 15.2 Å². The zero-order valence-corrected chi connectivity index (χ0v) is 21.3. The lowest BCUT2D eigenvalue weighted by atomic mass is 10.0. The van der Waals surface area contributed by atoms with Gasteiger partial charge in [-0.3, -0.25) is 14.4 Å². The van der Waals surface area contributed by atoms with Crippen LogP contribution in [-0.2, 0) is 14.8 Å². The zero-order valence-electron chi connectivity index (χ0n) is 18.1. The monoisotopic (exact) mass is 575 g/mol. The van der Waals surface area contributed by atoms with Gasteiger partial charge in [-0.1, -0.05) is 27.5 Å². The van der Waals surface area contributed by atoms with E-state index in [1.165, 1.54) is 18.2 Å². The van der Waals surface area contributed by atoms with Crippen molar-refractivity contribution in [1.29, 1.82) is 0 Å². The maximum absolute atomic E-state index is 15.4. The van der Waals surface area contributed by atoms with Crippen molar-refractivity contribution >= 4 is 49.1 Å². The van der Waals surface area contributed by atoms with Gasteiger partial charge >= 0.3 is 0 Å². The van der Waals surface area contributed by atoms with Gasteiger partial charge in [-0.15, -0.1) is 0 Å². The third-order valence-electron chi connectivity index (χ3n) is 5.73. The van der Waals surface area contributed by atoms with Crippen molar-refractivity contribution in [3.05, 3.63) is 50.7 Å². The van der Waals surface area contributed by atoms with Crippen molar-refractivity contribution in [2.24, 2.45) is 0 Å². The number of phenols is 1. The second-order valence-electron chi connectivity index (χ2n) is 8.25. The first-order chi connectivity index (χ1) is 16.2. The molecule has 8 nitrogen and oxygen atoms in total. The SMILES string of the molecule is O=C(NCCN1CCOCC1)c1cc(C2CC2)cc(NS(=O)(=O)c2cc(Br)cc(Cl)c2O)c1F. The number of phenolic OH excluding ortho intramolecular Hbond substituents is 1. The van der Waals surface area contributed by atoms with Crippen LogP contribution in [0.2, 0.25) is 5.02 Å². The Balaban J connectivity index is 1.57. The van der Waals surface area contributed by atoms with Gasteiger partial charge in [-0.2, -0.15) is 0 Å². The Morgan fingerprint density at radius 2 is 1.94 bits per heavy atom. The standard InChI is InChI=1S/C22H24BrClFN3O5S/c23-15-11-17(24)21(29)19(12-15)34(31,32)27-18-10-14(13-1-2-13)9-16(20(18)25)22(30)26-3-4-28-5-7-33-8-6-28/h9-13,27,29H,1-8H2,(H,26,30). The van der Waals surface area contributed by atoms with Gasteiger partial charge in [0.1, 0.15) is 4.90 Å². The van der Waals surface area contributed by atoms with E-state index in [2.05, 4.69) is 30.9 Å². The van der Waals surface area contributed by atoms with Crippen LogP contribution in [0.5, 0.6) is 5.75 Å². The molecule has 2 aliphatic rings. The van der Waals surface area contributed by atoms with Crippen LogP contribution >= 0.6 is 27.5 Å². The molecule has 0 spiro atoms. The van der Waals surface area contributed by atoms with E-state index < -0.39 is 32.4 Å². The number of anilines is 1. The zero-order chi connectivity index (χ0) is 24.5. The molecule has 34 heavy (non-hydrogen) atoms. The molecule has 3 N–H and O–H groups in total. The Kier molecular flexibility index (Phi) is 7.68. The lowest BCUT2D eigenvalue weighted by molar-refractivity contribution is 0.0383.